The number of nitrogens with zero attached hydrogens (tertiary/aromatic N) is 1. The lowest BCUT2D eigenvalue weighted by atomic mass is 9.91. The van der Waals surface area contributed by atoms with Gasteiger partial charge in [0.25, 0.3) is 5.91 Å². The van der Waals surface area contributed by atoms with E-state index in [1.54, 1.807) is 13.8 Å². The van der Waals surface area contributed by atoms with E-state index >= 15 is 0 Å². The topological polar surface area (TPSA) is 98.7 Å². The van der Waals surface area contributed by atoms with Gasteiger partial charge >= 0.3 is 6.03 Å². The van der Waals surface area contributed by atoms with Crippen LogP contribution in [0.3, 0.4) is 0 Å². The summed E-state index contributed by atoms with van der Waals surface area (Å²) in [4.78, 5) is 34.3. The number of urea groups is 1. The number of benzene rings is 1. The molecular formula is C15H21N3O4. The van der Waals surface area contributed by atoms with Gasteiger partial charge in [0.05, 0.1) is 0 Å². The number of likely N-dealkylation sites (N-methyl/N-ethyl adjacent to an activating group) is 1. The number of nitrogens with one attached hydrogen (secondary N) is 2. The summed E-state index contributed by atoms with van der Waals surface area (Å²) in [6.45, 7) is 5.36. The van der Waals surface area contributed by atoms with E-state index in [4.69, 9.17) is 5.21 Å². The van der Waals surface area contributed by atoms with Gasteiger partial charge in [-0.3, -0.25) is 19.7 Å². The molecule has 1 aromatic rings. The van der Waals surface area contributed by atoms with E-state index in [9.17, 15) is 14.4 Å². The molecule has 1 saturated heterocycles. The summed E-state index contributed by atoms with van der Waals surface area (Å²) in [6.07, 6.45) is 0.330. The zero-order valence-corrected chi connectivity index (χ0v) is 13.1. The molecule has 2 rings (SSSR count). The zero-order chi connectivity index (χ0) is 16.9. The Kier molecular flexibility index (Phi) is 5.64. The number of rotatable bonds is 2. The Bertz CT molecular complexity index is 565. The number of carbonyl (C=O) groups is 3. The highest BCUT2D eigenvalue weighted by atomic mass is 16.5. The molecule has 1 fully saturated rings. The van der Waals surface area contributed by atoms with Crippen LogP contribution in [0.15, 0.2) is 24.3 Å². The molecule has 7 nitrogen and oxygen atoms in total. The number of hydrogen-bond donors (Lipinski definition) is 3. The van der Waals surface area contributed by atoms with Crippen molar-refractivity contribution in [3.8, 4) is 0 Å². The van der Waals surface area contributed by atoms with Gasteiger partial charge in [-0.05, 0) is 19.4 Å². The van der Waals surface area contributed by atoms with Crippen LogP contribution >= 0.6 is 0 Å². The summed E-state index contributed by atoms with van der Waals surface area (Å²) in [7, 11) is 1.48. The van der Waals surface area contributed by atoms with E-state index in [-0.39, 0.29) is 17.8 Å². The van der Waals surface area contributed by atoms with Crippen LogP contribution in [0.4, 0.5) is 4.79 Å². The van der Waals surface area contributed by atoms with Crippen molar-refractivity contribution < 1.29 is 19.6 Å². The zero-order valence-electron chi connectivity index (χ0n) is 13.1. The molecule has 1 atom stereocenters. The highest BCUT2D eigenvalue weighted by Crippen LogP contribution is 2.27. The molecule has 3 N–H and O–H groups in total. The van der Waals surface area contributed by atoms with Crippen molar-refractivity contribution in [3.63, 3.8) is 0 Å². The molecule has 0 aromatic heterocycles. The molecule has 120 valence electrons. The van der Waals surface area contributed by atoms with Gasteiger partial charge in [0.2, 0.25) is 5.91 Å². The van der Waals surface area contributed by atoms with Crippen molar-refractivity contribution in [2.45, 2.75) is 32.7 Å². The lowest BCUT2D eigenvalue weighted by molar-refractivity contribution is -0.130. The summed E-state index contributed by atoms with van der Waals surface area (Å²) in [5, 5.41) is 10.4. The molecule has 0 bridgehead atoms. The van der Waals surface area contributed by atoms with Crippen LogP contribution in [-0.2, 0) is 15.1 Å². The van der Waals surface area contributed by atoms with Gasteiger partial charge in [0.1, 0.15) is 5.54 Å². The van der Waals surface area contributed by atoms with Crippen LogP contribution in [0.5, 0.6) is 0 Å². The molecule has 0 radical (unpaired) electrons. The van der Waals surface area contributed by atoms with Crippen molar-refractivity contribution >= 4 is 17.8 Å². The van der Waals surface area contributed by atoms with Crippen LogP contribution in [-0.4, -0.2) is 35.0 Å². The molecule has 1 aromatic carbocycles. The molecule has 4 amide bonds. The second-order valence-electron chi connectivity index (χ2n) is 5.17. The molecule has 0 aliphatic carbocycles. The fourth-order valence-corrected chi connectivity index (χ4v) is 1.94. The third-order valence-corrected chi connectivity index (χ3v) is 3.47. The quantitative estimate of drug-likeness (QED) is 0.435. The first-order chi connectivity index (χ1) is 10.3. The minimum absolute atomic E-state index is 0.221. The molecule has 0 spiro atoms. The maximum absolute atomic E-state index is 12.0. The third-order valence-electron chi connectivity index (χ3n) is 3.47. The predicted molar refractivity (Wildman–Crippen MR) is 80.1 cm³/mol. The normalized spacial score (nSPS) is 20.1. The van der Waals surface area contributed by atoms with Crippen LogP contribution in [0.1, 0.15) is 31.4 Å². The van der Waals surface area contributed by atoms with E-state index < -0.39 is 5.54 Å². The Morgan fingerprint density at radius 1 is 1.32 bits per heavy atom. The molecule has 0 saturated carbocycles. The van der Waals surface area contributed by atoms with Gasteiger partial charge in [0.15, 0.2) is 0 Å². The lowest BCUT2D eigenvalue weighted by Crippen LogP contribution is -2.40. The Hall–Kier alpha value is -2.41. The summed E-state index contributed by atoms with van der Waals surface area (Å²) >= 11 is 0. The lowest BCUT2D eigenvalue weighted by Gasteiger charge is -2.21. The van der Waals surface area contributed by atoms with Crippen LogP contribution < -0.4 is 10.8 Å². The minimum atomic E-state index is -0.931. The van der Waals surface area contributed by atoms with Crippen molar-refractivity contribution in [2.75, 3.05) is 7.05 Å². The summed E-state index contributed by atoms with van der Waals surface area (Å²) < 4.78 is 0. The second-order valence-corrected chi connectivity index (χ2v) is 5.17. The van der Waals surface area contributed by atoms with Gasteiger partial charge in [-0.1, -0.05) is 36.8 Å². The molecule has 7 heteroatoms. The standard InChI is InChI=1S/C12H14N2O2.C3H7NO2/c1-8-4-6-9(7-5-8)12(2)10(15)14(3)11(16)13-12;1-2-3(5)4-6/h4-7H,1-3H3,(H,13,16);6H,2H2,1H3,(H,4,5). The molecule has 1 aliphatic heterocycles. The van der Waals surface area contributed by atoms with Crippen LogP contribution in [0, 0.1) is 6.92 Å². The number of imide groups is 1. The fourth-order valence-electron chi connectivity index (χ4n) is 1.94. The maximum atomic E-state index is 12.0. The first kappa shape index (κ1) is 17.6. The van der Waals surface area contributed by atoms with Gasteiger partial charge < -0.3 is 5.32 Å². The smallest absolute Gasteiger partial charge is 0.319 e. The Morgan fingerprint density at radius 3 is 2.18 bits per heavy atom. The van der Waals surface area contributed by atoms with Crippen LogP contribution in [0.2, 0.25) is 0 Å². The molecule has 1 aliphatic rings. The Morgan fingerprint density at radius 2 is 1.86 bits per heavy atom. The third kappa shape index (κ3) is 3.62. The van der Waals surface area contributed by atoms with Crippen molar-refractivity contribution in [1.29, 1.82) is 0 Å². The Labute approximate surface area is 129 Å². The summed E-state index contributed by atoms with van der Waals surface area (Å²) in [6, 6.07) is 7.24. The SMILES string of the molecule is CCC(=O)NO.Cc1ccc(C2(C)NC(=O)N(C)C2=O)cc1. The average Bonchev–Trinajstić information content (AvgIpc) is 2.72. The first-order valence-electron chi connectivity index (χ1n) is 6.86. The van der Waals surface area contributed by atoms with Crippen LogP contribution in [0.25, 0.3) is 0 Å². The van der Waals surface area contributed by atoms with E-state index in [1.807, 2.05) is 31.2 Å². The first-order valence-corrected chi connectivity index (χ1v) is 6.86. The van der Waals surface area contributed by atoms with Crippen molar-refractivity contribution in [1.82, 2.24) is 15.7 Å². The average molecular weight is 307 g/mol. The monoisotopic (exact) mass is 307 g/mol. The van der Waals surface area contributed by atoms with Gasteiger partial charge in [-0.2, -0.15) is 0 Å². The van der Waals surface area contributed by atoms with Crippen molar-refractivity contribution in [3.05, 3.63) is 35.4 Å². The highest BCUT2D eigenvalue weighted by molar-refractivity contribution is 6.06. The fraction of sp³-hybridized carbons (Fsp3) is 0.400. The number of amides is 4. The number of hydroxylamine groups is 1. The van der Waals surface area contributed by atoms with E-state index in [1.165, 1.54) is 12.5 Å². The number of hydrogen-bond acceptors (Lipinski definition) is 4. The predicted octanol–water partition coefficient (Wildman–Crippen LogP) is 1.29. The van der Waals surface area contributed by atoms with E-state index in [2.05, 4.69) is 5.32 Å². The number of carbonyl (C=O) groups excluding carboxylic acids is 3. The van der Waals surface area contributed by atoms with Gasteiger partial charge in [-0.25, -0.2) is 10.3 Å². The second kappa shape index (κ2) is 7.04. The molecular weight excluding hydrogens is 286 g/mol. The largest absolute Gasteiger partial charge is 0.325 e. The van der Waals surface area contributed by atoms with Crippen molar-refractivity contribution in [2.24, 2.45) is 0 Å². The summed E-state index contributed by atoms with van der Waals surface area (Å²) in [5.41, 5.74) is 2.47. The van der Waals surface area contributed by atoms with E-state index in [0.717, 1.165) is 16.0 Å². The Balaban J connectivity index is 0.000000346. The molecule has 22 heavy (non-hydrogen) atoms. The minimum Gasteiger partial charge on any atom is -0.319 e. The van der Waals surface area contributed by atoms with E-state index in [0.29, 0.717) is 6.42 Å². The summed E-state index contributed by atoms with van der Waals surface area (Å²) in [5.74, 6) is -0.573. The molecule has 1 heterocycles. The highest BCUT2D eigenvalue weighted by Gasteiger charge is 2.47. The van der Waals surface area contributed by atoms with Gasteiger partial charge in [0, 0.05) is 13.5 Å². The van der Waals surface area contributed by atoms with Gasteiger partial charge in [-0.15, -0.1) is 0 Å². The maximum Gasteiger partial charge on any atom is 0.325 e. The number of aryl methyl sites for hydroxylation is 1. The molecule has 1 unspecified atom stereocenters.